The molecule has 0 amide bonds. The lowest BCUT2D eigenvalue weighted by molar-refractivity contribution is -0.137. The molecule has 5 heteroatoms. The molecule has 1 aromatic carbocycles. The van der Waals surface area contributed by atoms with Crippen LogP contribution < -0.4 is 3.53 Å². The first-order valence-electron chi connectivity index (χ1n) is 4.72. The van der Waals surface area contributed by atoms with E-state index in [1.54, 1.807) is 12.1 Å². The number of nitrogens with one attached hydrogen (secondary N) is 1. The van der Waals surface area contributed by atoms with E-state index in [0.29, 0.717) is 12.0 Å². The molecule has 1 atom stereocenters. The Morgan fingerprint density at radius 2 is 2.12 bits per heavy atom. The largest absolute Gasteiger partial charge is 0.481 e. The molecule has 0 bridgehead atoms. The highest BCUT2D eigenvalue weighted by Crippen LogP contribution is 2.09. The summed E-state index contributed by atoms with van der Waals surface area (Å²) in [6.07, 6.45) is 0.726. The van der Waals surface area contributed by atoms with Crippen LogP contribution in [0.1, 0.15) is 17.5 Å². The summed E-state index contributed by atoms with van der Waals surface area (Å²) in [6.45, 7) is 0. The Kier molecular flexibility index (Phi) is 5.22. The van der Waals surface area contributed by atoms with Gasteiger partial charge < -0.3 is 5.11 Å². The van der Waals surface area contributed by atoms with Crippen molar-refractivity contribution in [2.24, 2.45) is 0 Å². The van der Waals surface area contributed by atoms with Gasteiger partial charge >= 0.3 is 5.97 Å². The van der Waals surface area contributed by atoms with E-state index in [4.69, 9.17) is 10.4 Å². The van der Waals surface area contributed by atoms with E-state index in [9.17, 15) is 4.79 Å². The van der Waals surface area contributed by atoms with Crippen molar-refractivity contribution in [3.63, 3.8) is 0 Å². The zero-order valence-electron chi connectivity index (χ0n) is 8.48. The fourth-order valence-electron chi connectivity index (χ4n) is 1.36. The van der Waals surface area contributed by atoms with Gasteiger partial charge in [0.15, 0.2) is 0 Å². The van der Waals surface area contributed by atoms with Crippen molar-refractivity contribution in [1.82, 2.24) is 3.53 Å². The molecule has 0 aliphatic heterocycles. The molecule has 1 unspecified atom stereocenters. The van der Waals surface area contributed by atoms with Gasteiger partial charge in [0.1, 0.15) is 0 Å². The van der Waals surface area contributed by atoms with Gasteiger partial charge in [0.25, 0.3) is 0 Å². The minimum atomic E-state index is -0.817. The van der Waals surface area contributed by atoms with Gasteiger partial charge in [0.2, 0.25) is 0 Å². The average molecular weight is 330 g/mol. The molecular formula is C11H11IN2O2. The first-order valence-corrected chi connectivity index (χ1v) is 5.80. The third-order valence-electron chi connectivity index (χ3n) is 2.14. The zero-order valence-corrected chi connectivity index (χ0v) is 10.6. The first-order chi connectivity index (χ1) is 7.65. The SMILES string of the molecule is N#Cc1ccc(CC(CC(=O)O)NI)cc1. The molecule has 0 radical (unpaired) electrons. The number of nitriles is 1. The summed E-state index contributed by atoms with van der Waals surface area (Å²) in [5, 5.41) is 17.3. The lowest BCUT2D eigenvalue weighted by atomic mass is 10.0. The predicted molar refractivity (Wildman–Crippen MR) is 68.1 cm³/mol. The van der Waals surface area contributed by atoms with Gasteiger partial charge in [0.05, 0.1) is 18.1 Å². The number of carboxylic acids is 1. The molecule has 0 aromatic heterocycles. The molecular weight excluding hydrogens is 319 g/mol. The maximum absolute atomic E-state index is 10.6. The predicted octanol–water partition coefficient (Wildman–Crippen LogP) is 1.88. The zero-order chi connectivity index (χ0) is 12.0. The highest BCUT2D eigenvalue weighted by molar-refractivity contribution is 14.1. The van der Waals surface area contributed by atoms with E-state index in [-0.39, 0.29) is 12.5 Å². The van der Waals surface area contributed by atoms with Gasteiger partial charge in [-0.2, -0.15) is 5.26 Å². The van der Waals surface area contributed by atoms with Crippen LogP contribution in [0.2, 0.25) is 0 Å². The molecule has 0 aliphatic carbocycles. The second kappa shape index (κ2) is 6.45. The van der Waals surface area contributed by atoms with E-state index in [1.807, 2.05) is 41.1 Å². The summed E-state index contributed by atoms with van der Waals surface area (Å²) in [5.41, 5.74) is 1.63. The first kappa shape index (κ1) is 12.9. The number of halogens is 1. The van der Waals surface area contributed by atoms with Crippen LogP contribution in [0.5, 0.6) is 0 Å². The molecule has 1 rings (SSSR count). The van der Waals surface area contributed by atoms with Crippen LogP contribution in [0.3, 0.4) is 0 Å². The molecule has 0 fully saturated rings. The summed E-state index contributed by atoms with van der Waals surface area (Å²) >= 11 is 1.96. The number of carbonyl (C=O) groups is 1. The van der Waals surface area contributed by atoms with Gasteiger partial charge in [0, 0.05) is 28.9 Å². The minimum absolute atomic E-state index is 0.0863. The summed E-state index contributed by atoms with van der Waals surface area (Å²) in [6, 6.07) is 9.12. The van der Waals surface area contributed by atoms with Crippen molar-refractivity contribution in [2.45, 2.75) is 18.9 Å². The normalized spacial score (nSPS) is 11.8. The summed E-state index contributed by atoms with van der Waals surface area (Å²) in [5.74, 6) is -0.817. The molecule has 0 heterocycles. The molecule has 16 heavy (non-hydrogen) atoms. The molecule has 0 saturated carbocycles. The Balaban J connectivity index is 2.63. The molecule has 84 valence electrons. The third-order valence-corrected chi connectivity index (χ3v) is 3.02. The summed E-state index contributed by atoms with van der Waals surface area (Å²) in [7, 11) is 0. The maximum atomic E-state index is 10.6. The lowest BCUT2D eigenvalue weighted by Gasteiger charge is -2.12. The fourth-order valence-corrected chi connectivity index (χ4v) is 1.80. The minimum Gasteiger partial charge on any atom is -0.481 e. The van der Waals surface area contributed by atoms with Crippen molar-refractivity contribution in [3.05, 3.63) is 35.4 Å². The van der Waals surface area contributed by atoms with Crippen LogP contribution in [0.25, 0.3) is 0 Å². The number of hydrogen-bond donors (Lipinski definition) is 2. The molecule has 4 nitrogen and oxygen atoms in total. The Morgan fingerprint density at radius 3 is 2.56 bits per heavy atom. The van der Waals surface area contributed by atoms with Crippen LogP contribution >= 0.6 is 22.9 Å². The van der Waals surface area contributed by atoms with Crippen LogP contribution in [0.15, 0.2) is 24.3 Å². The third kappa shape index (κ3) is 4.16. The Hall–Kier alpha value is -1.13. The topological polar surface area (TPSA) is 73.1 Å². The van der Waals surface area contributed by atoms with Gasteiger partial charge in [-0.15, -0.1) is 0 Å². The molecule has 1 aromatic rings. The van der Waals surface area contributed by atoms with Crippen LogP contribution in [-0.4, -0.2) is 17.1 Å². The second-order valence-corrected chi connectivity index (χ2v) is 4.04. The van der Waals surface area contributed by atoms with Crippen molar-refractivity contribution in [3.8, 4) is 6.07 Å². The fraction of sp³-hybridized carbons (Fsp3) is 0.273. The van der Waals surface area contributed by atoms with Gasteiger partial charge in [-0.25, -0.2) is 0 Å². The van der Waals surface area contributed by atoms with Gasteiger partial charge in [-0.3, -0.25) is 8.32 Å². The molecule has 2 N–H and O–H groups in total. The number of hydrogen-bond acceptors (Lipinski definition) is 3. The van der Waals surface area contributed by atoms with Crippen LogP contribution in [0.4, 0.5) is 0 Å². The molecule has 0 aliphatic rings. The van der Waals surface area contributed by atoms with Crippen molar-refractivity contribution >= 4 is 28.8 Å². The van der Waals surface area contributed by atoms with E-state index < -0.39 is 5.97 Å². The van der Waals surface area contributed by atoms with E-state index in [2.05, 4.69) is 3.53 Å². The van der Waals surface area contributed by atoms with Crippen molar-refractivity contribution in [2.75, 3.05) is 0 Å². The number of carboxylic acid groups (broad SMARTS) is 1. The van der Waals surface area contributed by atoms with Crippen LogP contribution in [0, 0.1) is 11.3 Å². The standard InChI is InChI=1S/C11H11IN2O2/c12-14-10(6-11(15)16)5-8-1-3-9(7-13)4-2-8/h1-4,10,14H,5-6H2,(H,15,16). The average Bonchev–Trinajstić information content (AvgIpc) is 2.28. The number of benzene rings is 1. The monoisotopic (exact) mass is 330 g/mol. The lowest BCUT2D eigenvalue weighted by Crippen LogP contribution is -2.26. The summed E-state index contributed by atoms with van der Waals surface area (Å²) in [4.78, 5) is 10.6. The van der Waals surface area contributed by atoms with E-state index in [0.717, 1.165) is 5.56 Å². The van der Waals surface area contributed by atoms with E-state index >= 15 is 0 Å². The maximum Gasteiger partial charge on any atom is 0.304 e. The number of rotatable bonds is 5. The second-order valence-electron chi connectivity index (χ2n) is 3.42. The van der Waals surface area contributed by atoms with Gasteiger partial charge in [-0.1, -0.05) is 12.1 Å². The Labute approximate surface area is 108 Å². The smallest absolute Gasteiger partial charge is 0.304 e. The summed E-state index contributed by atoms with van der Waals surface area (Å²) < 4.78 is 2.93. The number of nitrogens with zero attached hydrogens (tertiary/aromatic N) is 1. The van der Waals surface area contributed by atoms with Crippen LogP contribution in [-0.2, 0) is 11.2 Å². The van der Waals surface area contributed by atoms with Crippen molar-refractivity contribution in [1.29, 1.82) is 5.26 Å². The van der Waals surface area contributed by atoms with E-state index in [1.165, 1.54) is 0 Å². The highest BCUT2D eigenvalue weighted by atomic mass is 127. The molecule has 0 spiro atoms. The van der Waals surface area contributed by atoms with Gasteiger partial charge in [-0.05, 0) is 24.1 Å². The number of aliphatic carboxylic acids is 1. The quantitative estimate of drug-likeness (QED) is 0.639. The van der Waals surface area contributed by atoms with Crippen molar-refractivity contribution < 1.29 is 9.90 Å². The molecule has 0 saturated heterocycles. The Bertz CT molecular complexity index is 397. The highest BCUT2D eigenvalue weighted by Gasteiger charge is 2.12. The Morgan fingerprint density at radius 1 is 1.50 bits per heavy atom.